The van der Waals surface area contributed by atoms with Gasteiger partial charge in [-0.3, -0.25) is 0 Å². The van der Waals surface area contributed by atoms with Crippen LogP contribution in [-0.4, -0.2) is 17.4 Å². The van der Waals surface area contributed by atoms with Gasteiger partial charge in [-0.2, -0.15) is 10.4 Å². The molecular formula is C9H8N4O2. The molecule has 0 fully saturated rings. The van der Waals surface area contributed by atoms with Crippen molar-refractivity contribution in [3.63, 3.8) is 0 Å². The first-order chi connectivity index (χ1) is 7.15. The van der Waals surface area contributed by atoms with Crippen LogP contribution in [0.25, 0.3) is 0 Å². The zero-order chi connectivity index (χ0) is 11.3. The van der Waals surface area contributed by atoms with Gasteiger partial charge >= 0.3 is 6.03 Å². The number of aromatic hydroxyl groups is 1. The number of carbonyl (C=O) groups is 1. The van der Waals surface area contributed by atoms with Crippen molar-refractivity contribution in [3.05, 3.63) is 29.3 Å². The van der Waals surface area contributed by atoms with Gasteiger partial charge in [-0.15, -0.1) is 0 Å². The first-order valence-electron chi connectivity index (χ1n) is 3.95. The van der Waals surface area contributed by atoms with Crippen molar-refractivity contribution in [2.45, 2.75) is 0 Å². The Kier molecular flexibility index (Phi) is 3.24. The van der Waals surface area contributed by atoms with Crippen LogP contribution in [0.4, 0.5) is 4.79 Å². The number of hydrogen-bond acceptors (Lipinski definition) is 4. The molecule has 0 aliphatic heterocycles. The van der Waals surface area contributed by atoms with Crippen LogP contribution in [0.5, 0.6) is 5.75 Å². The number of carbonyl (C=O) groups excluding carboxylic acids is 1. The average molecular weight is 204 g/mol. The number of para-hydroxylation sites is 1. The minimum atomic E-state index is -0.804. The highest BCUT2D eigenvalue weighted by atomic mass is 16.3. The molecule has 6 heteroatoms. The minimum absolute atomic E-state index is 0.137. The number of nitriles is 1. The summed E-state index contributed by atoms with van der Waals surface area (Å²) in [5, 5.41) is 21.6. The van der Waals surface area contributed by atoms with Crippen molar-refractivity contribution in [2.75, 3.05) is 0 Å². The van der Waals surface area contributed by atoms with Crippen LogP contribution in [-0.2, 0) is 0 Å². The lowest BCUT2D eigenvalue weighted by atomic mass is 10.1. The van der Waals surface area contributed by atoms with E-state index in [-0.39, 0.29) is 11.3 Å². The molecule has 15 heavy (non-hydrogen) atoms. The SMILES string of the molecule is N#Cc1cccc(C=NNC(N)=O)c1O. The Balaban J connectivity index is 2.92. The Morgan fingerprint density at radius 1 is 1.67 bits per heavy atom. The van der Waals surface area contributed by atoms with E-state index in [4.69, 9.17) is 11.0 Å². The largest absolute Gasteiger partial charge is 0.506 e. The molecule has 0 bridgehead atoms. The van der Waals surface area contributed by atoms with E-state index in [1.165, 1.54) is 12.3 Å². The van der Waals surface area contributed by atoms with E-state index in [1.807, 2.05) is 11.5 Å². The van der Waals surface area contributed by atoms with E-state index >= 15 is 0 Å². The van der Waals surface area contributed by atoms with E-state index in [9.17, 15) is 9.90 Å². The number of urea groups is 1. The number of hydrazone groups is 1. The van der Waals surface area contributed by atoms with Crippen molar-refractivity contribution in [2.24, 2.45) is 10.8 Å². The third-order valence-electron chi connectivity index (χ3n) is 1.57. The third-order valence-corrected chi connectivity index (χ3v) is 1.57. The number of amides is 2. The number of nitrogens with two attached hydrogens (primary N) is 1. The van der Waals surface area contributed by atoms with Crippen molar-refractivity contribution >= 4 is 12.2 Å². The molecule has 0 saturated heterocycles. The van der Waals surface area contributed by atoms with Gasteiger partial charge in [0.25, 0.3) is 0 Å². The number of phenolic OH excluding ortho intramolecular Hbond substituents is 1. The number of primary amides is 1. The Hall–Kier alpha value is -2.55. The van der Waals surface area contributed by atoms with Crippen molar-refractivity contribution in [1.82, 2.24) is 5.43 Å². The topological polar surface area (TPSA) is 112 Å². The Morgan fingerprint density at radius 3 is 3.00 bits per heavy atom. The molecule has 0 aliphatic rings. The van der Waals surface area contributed by atoms with Crippen LogP contribution in [0.2, 0.25) is 0 Å². The third kappa shape index (κ3) is 2.70. The van der Waals surface area contributed by atoms with Crippen LogP contribution < -0.4 is 11.2 Å². The summed E-state index contributed by atoms with van der Waals surface area (Å²) < 4.78 is 0. The summed E-state index contributed by atoms with van der Waals surface area (Å²) in [6, 6.07) is 5.61. The van der Waals surface area contributed by atoms with Crippen LogP contribution >= 0.6 is 0 Å². The van der Waals surface area contributed by atoms with Gasteiger partial charge in [0.05, 0.1) is 11.8 Å². The van der Waals surface area contributed by atoms with Crippen molar-refractivity contribution in [3.8, 4) is 11.8 Å². The summed E-state index contributed by atoms with van der Waals surface area (Å²) in [4.78, 5) is 10.3. The van der Waals surface area contributed by atoms with Crippen LogP contribution in [0, 0.1) is 11.3 Å². The summed E-state index contributed by atoms with van der Waals surface area (Å²) in [7, 11) is 0. The second kappa shape index (κ2) is 4.62. The highest BCUT2D eigenvalue weighted by Gasteiger charge is 2.03. The molecule has 6 nitrogen and oxygen atoms in total. The van der Waals surface area contributed by atoms with Gasteiger partial charge in [0.2, 0.25) is 0 Å². The van der Waals surface area contributed by atoms with Gasteiger partial charge in [-0.25, -0.2) is 10.2 Å². The number of rotatable bonds is 2. The Labute approximate surface area is 85.6 Å². The number of nitrogens with one attached hydrogen (secondary N) is 1. The summed E-state index contributed by atoms with van der Waals surface area (Å²) in [5.74, 6) is -0.185. The number of benzene rings is 1. The maximum atomic E-state index is 10.3. The fraction of sp³-hybridized carbons (Fsp3) is 0. The highest BCUT2D eigenvalue weighted by molar-refractivity contribution is 5.85. The normalized spacial score (nSPS) is 9.80. The van der Waals surface area contributed by atoms with Crippen LogP contribution in [0.3, 0.4) is 0 Å². The molecular weight excluding hydrogens is 196 g/mol. The van der Waals surface area contributed by atoms with Gasteiger partial charge in [-0.1, -0.05) is 6.07 Å². The second-order valence-electron chi connectivity index (χ2n) is 2.59. The average Bonchev–Trinajstić information content (AvgIpc) is 2.20. The molecule has 2 amide bonds. The number of nitrogens with zero attached hydrogens (tertiary/aromatic N) is 2. The first kappa shape index (κ1) is 10.5. The summed E-state index contributed by atoms with van der Waals surface area (Å²) in [6.07, 6.45) is 1.20. The monoisotopic (exact) mass is 204 g/mol. The zero-order valence-corrected chi connectivity index (χ0v) is 7.64. The number of phenols is 1. The molecule has 0 saturated carbocycles. The smallest absolute Gasteiger partial charge is 0.332 e. The summed E-state index contributed by atoms with van der Waals surface area (Å²) in [5.41, 5.74) is 7.20. The molecule has 0 unspecified atom stereocenters. The van der Waals surface area contributed by atoms with Gasteiger partial charge in [0, 0.05) is 5.56 Å². The highest BCUT2D eigenvalue weighted by Crippen LogP contribution is 2.19. The van der Waals surface area contributed by atoms with E-state index < -0.39 is 6.03 Å². The minimum Gasteiger partial charge on any atom is -0.506 e. The first-order valence-corrected chi connectivity index (χ1v) is 3.95. The molecule has 0 radical (unpaired) electrons. The summed E-state index contributed by atoms with van der Waals surface area (Å²) >= 11 is 0. The maximum absolute atomic E-state index is 10.3. The molecule has 0 aliphatic carbocycles. The standard InChI is InChI=1S/C9H8N4O2/c10-4-6-2-1-3-7(8(6)14)5-12-13-9(11)15/h1-3,5,14H,(H3,11,13,15). The fourth-order valence-electron chi connectivity index (χ4n) is 0.921. The lowest BCUT2D eigenvalue weighted by Crippen LogP contribution is -2.24. The van der Waals surface area contributed by atoms with Crippen LogP contribution in [0.15, 0.2) is 23.3 Å². The van der Waals surface area contributed by atoms with Crippen LogP contribution in [0.1, 0.15) is 11.1 Å². The van der Waals surface area contributed by atoms with E-state index in [2.05, 4.69) is 5.10 Å². The molecule has 0 spiro atoms. The quantitative estimate of drug-likeness (QED) is 0.474. The van der Waals surface area contributed by atoms with Crippen molar-refractivity contribution in [1.29, 1.82) is 5.26 Å². The fourth-order valence-corrected chi connectivity index (χ4v) is 0.921. The maximum Gasteiger partial charge on any atom is 0.332 e. The van der Waals surface area contributed by atoms with E-state index in [1.54, 1.807) is 12.1 Å². The van der Waals surface area contributed by atoms with Crippen molar-refractivity contribution < 1.29 is 9.90 Å². The Bertz CT molecular complexity index is 448. The predicted molar refractivity (Wildman–Crippen MR) is 53.1 cm³/mol. The lowest BCUT2D eigenvalue weighted by molar-refractivity contribution is 0.249. The molecule has 0 atom stereocenters. The molecule has 1 rings (SSSR count). The molecule has 0 heterocycles. The van der Waals surface area contributed by atoms with Gasteiger partial charge < -0.3 is 10.8 Å². The molecule has 4 N–H and O–H groups in total. The Morgan fingerprint density at radius 2 is 2.40 bits per heavy atom. The van der Waals surface area contributed by atoms with Gasteiger partial charge in [0.15, 0.2) is 0 Å². The molecule has 1 aromatic rings. The molecule has 0 aromatic heterocycles. The lowest BCUT2D eigenvalue weighted by Gasteiger charge is -1.99. The molecule has 76 valence electrons. The summed E-state index contributed by atoms with van der Waals surface area (Å²) in [6.45, 7) is 0. The van der Waals surface area contributed by atoms with Gasteiger partial charge in [0.1, 0.15) is 11.8 Å². The van der Waals surface area contributed by atoms with Gasteiger partial charge in [-0.05, 0) is 12.1 Å². The zero-order valence-electron chi connectivity index (χ0n) is 7.64. The molecule has 1 aromatic carbocycles. The van der Waals surface area contributed by atoms with E-state index in [0.29, 0.717) is 5.56 Å². The van der Waals surface area contributed by atoms with E-state index in [0.717, 1.165) is 0 Å². The number of hydrogen-bond donors (Lipinski definition) is 3. The second-order valence-corrected chi connectivity index (χ2v) is 2.59. The predicted octanol–water partition coefficient (Wildman–Crippen LogP) is 0.266.